The van der Waals surface area contributed by atoms with Crippen LogP contribution in [0.3, 0.4) is 0 Å². The molecule has 3 nitrogen and oxygen atoms in total. The van der Waals surface area contributed by atoms with Gasteiger partial charge in [0.05, 0.1) is 0 Å². The summed E-state index contributed by atoms with van der Waals surface area (Å²) in [7, 11) is 0. The summed E-state index contributed by atoms with van der Waals surface area (Å²) in [6, 6.07) is 14.9. The first-order chi connectivity index (χ1) is 10.9. The minimum atomic E-state index is -0.271. The van der Waals surface area contributed by atoms with E-state index in [9.17, 15) is 4.79 Å². The Hall–Kier alpha value is -2.26. The fourth-order valence-corrected chi connectivity index (χ4v) is 2.32. The monoisotopic (exact) mass is 328 g/mol. The fraction of sp³-hybridized carbons (Fsp3) is 0.211. The number of benzene rings is 2. The van der Waals surface area contributed by atoms with Gasteiger partial charge >= 0.3 is 6.03 Å². The highest BCUT2D eigenvalue weighted by Gasteiger charge is 2.18. The lowest BCUT2D eigenvalue weighted by atomic mass is 9.86. The van der Waals surface area contributed by atoms with Crippen LogP contribution in [0, 0.1) is 0 Å². The third kappa shape index (κ3) is 5.15. The summed E-state index contributed by atoms with van der Waals surface area (Å²) in [5, 5.41) is 6.29. The van der Waals surface area contributed by atoms with Crippen molar-refractivity contribution in [2.24, 2.45) is 0 Å². The van der Waals surface area contributed by atoms with E-state index in [0.717, 1.165) is 16.8 Å². The normalized spacial score (nSPS) is 11.5. The number of para-hydroxylation sites is 1. The maximum absolute atomic E-state index is 12.0. The molecule has 0 spiro atoms. The van der Waals surface area contributed by atoms with E-state index in [4.69, 9.17) is 11.6 Å². The van der Waals surface area contributed by atoms with Crippen molar-refractivity contribution in [3.63, 3.8) is 0 Å². The maximum Gasteiger partial charge on any atom is 0.323 e. The van der Waals surface area contributed by atoms with Crippen LogP contribution in [-0.2, 0) is 5.41 Å². The first-order valence-corrected chi connectivity index (χ1v) is 7.83. The number of carbonyl (C=O) groups excluding carboxylic acids is 1. The second kappa shape index (κ2) is 7.34. The Morgan fingerprint density at radius 2 is 1.70 bits per heavy atom. The molecule has 2 N–H and O–H groups in total. The van der Waals surface area contributed by atoms with Crippen molar-refractivity contribution in [2.45, 2.75) is 26.2 Å². The quantitative estimate of drug-likeness (QED) is 0.775. The molecule has 0 fully saturated rings. The number of halogens is 1. The van der Waals surface area contributed by atoms with Gasteiger partial charge in [0.25, 0.3) is 0 Å². The smallest absolute Gasteiger partial charge is 0.314 e. The van der Waals surface area contributed by atoms with Crippen LogP contribution >= 0.6 is 11.6 Å². The van der Waals surface area contributed by atoms with Crippen molar-refractivity contribution in [1.82, 2.24) is 5.32 Å². The standard InChI is InChI=1S/C19H21ClN2O/c1-19(2,3)16-6-4-5-7-17(16)22-18(23)21-13-12-14-8-10-15(20)11-9-14/h4-13H,1-3H3,(H2,21,22,23)/b13-12+. The summed E-state index contributed by atoms with van der Waals surface area (Å²) in [6.07, 6.45) is 3.42. The van der Waals surface area contributed by atoms with Crippen LogP contribution in [-0.4, -0.2) is 6.03 Å². The second-order valence-electron chi connectivity index (χ2n) is 6.28. The van der Waals surface area contributed by atoms with Crippen LogP contribution in [0.15, 0.2) is 54.7 Å². The van der Waals surface area contributed by atoms with E-state index >= 15 is 0 Å². The van der Waals surface area contributed by atoms with E-state index in [2.05, 4.69) is 31.4 Å². The first kappa shape index (κ1) is 17.1. The summed E-state index contributed by atoms with van der Waals surface area (Å²) in [5.74, 6) is 0. The van der Waals surface area contributed by atoms with Gasteiger partial charge in [0.15, 0.2) is 0 Å². The van der Waals surface area contributed by atoms with Gasteiger partial charge in [-0.1, -0.05) is 62.7 Å². The summed E-state index contributed by atoms with van der Waals surface area (Å²) in [4.78, 5) is 12.0. The Balaban J connectivity index is 1.99. The molecule has 0 saturated carbocycles. The number of urea groups is 1. The van der Waals surface area contributed by atoms with Gasteiger partial charge in [-0.3, -0.25) is 0 Å². The van der Waals surface area contributed by atoms with Crippen molar-refractivity contribution in [3.05, 3.63) is 70.9 Å². The van der Waals surface area contributed by atoms with E-state index in [1.165, 1.54) is 0 Å². The summed E-state index contributed by atoms with van der Waals surface area (Å²) in [6.45, 7) is 6.35. The van der Waals surface area contributed by atoms with Gasteiger partial charge in [0.1, 0.15) is 0 Å². The lowest BCUT2D eigenvalue weighted by Gasteiger charge is -2.22. The molecule has 120 valence electrons. The topological polar surface area (TPSA) is 41.1 Å². The molecule has 0 aliphatic carbocycles. The molecule has 2 aromatic carbocycles. The molecule has 23 heavy (non-hydrogen) atoms. The molecule has 0 atom stereocenters. The Morgan fingerprint density at radius 1 is 1.04 bits per heavy atom. The number of anilines is 1. The minimum absolute atomic E-state index is 0.0387. The Kier molecular flexibility index (Phi) is 5.45. The molecule has 0 heterocycles. The Bertz CT molecular complexity index is 700. The van der Waals surface area contributed by atoms with E-state index in [0.29, 0.717) is 5.02 Å². The Morgan fingerprint density at radius 3 is 2.35 bits per heavy atom. The average Bonchev–Trinajstić information content (AvgIpc) is 2.49. The predicted octanol–water partition coefficient (Wildman–Crippen LogP) is 5.43. The molecule has 0 aromatic heterocycles. The van der Waals surface area contributed by atoms with Crippen LogP contribution in [0.5, 0.6) is 0 Å². The number of carbonyl (C=O) groups is 1. The first-order valence-electron chi connectivity index (χ1n) is 7.45. The van der Waals surface area contributed by atoms with Crippen molar-refractivity contribution in [1.29, 1.82) is 0 Å². The molecule has 2 rings (SSSR count). The van der Waals surface area contributed by atoms with Crippen LogP contribution in [0.2, 0.25) is 5.02 Å². The van der Waals surface area contributed by atoms with E-state index < -0.39 is 0 Å². The maximum atomic E-state index is 12.0. The molecule has 4 heteroatoms. The van der Waals surface area contributed by atoms with Crippen LogP contribution < -0.4 is 10.6 Å². The molecule has 0 saturated heterocycles. The minimum Gasteiger partial charge on any atom is -0.314 e. The predicted molar refractivity (Wildman–Crippen MR) is 97.8 cm³/mol. The lowest BCUT2D eigenvalue weighted by molar-refractivity contribution is 0.255. The number of hydrogen-bond acceptors (Lipinski definition) is 1. The van der Waals surface area contributed by atoms with E-state index in [-0.39, 0.29) is 11.4 Å². The van der Waals surface area contributed by atoms with E-state index in [1.54, 1.807) is 18.3 Å². The zero-order valence-electron chi connectivity index (χ0n) is 13.6. The third-order valence-corrected chi connectivity index (χ3v) is 3.60. The SMILES string of the molecule is CC(C)(C)c1ccccc1NC(=O)N/C=C/c1ccc(Cl)cc1. The van der Waals surface area contributed by atoms with Gasteiger partial charge in [-0.05, 0) is 40.8 Å². The zero-order chi connectivity index (χ0) is 16.9. The largest absolute Gasteiger partial charge is 0.323 e. The average molecular weight is 329 g/mol. The fourth-order valence-electron chi connectivity index (χ4n) is 2.19. The van der Waals surface area contributed by atoms with Gasteiger partial charge in [-0.2, -0.15) is 0 Å². The highest BCUT2D eigenvalue weighted by Crippen LogP contribution is 2.29. The van der Waals surface area contributed by atoms with Gasteiger partial charge in [0, 0.05) is 16.9 Å². The molecule has 0 unspecified atom stereocenters. The molecule has 0 aliphatic rings. The molecule has 2 amide bonds. The van der Waals surface area contributed by atoms with Crippen molar-refractivity contribution < 1.29 is 4.79 Å². The van der Waals surface area contributed by atoms with E-state index in [1.807, 2.05) is 42.5 Å². The van der Waals surface area contributed by atoms with Gasteiger partial charge in [-0.15, -0.1) is 0 Å². The van der Waals surface area contributed by atoms with Crippen molar-refractivity contribution >= 4 is 29.4 Å². The lowest BCUT2D eigenvalue weighted by Crippen LogP contribution is -2.26. The molecule has 0 radical (unpaired) electrons. The third-order valence-electron chi connectivity index (χ3n) is 3.34. The number of hydrogen-bond donors (Lipinski definition) is 2. The zero-order valence-corrected chi connectivity index (χ0v) is 14.3. The highest BCUT2D eigenvalue weighted by molar-refractivity contribution is 6.30. The number of rotatable bonds is 3. The van der Waals surface area contributed by atoms with Crippen LogP contribution in [0.25, 0.3) is 6.08 Å². The molecular weight excluding hydrogens is 308 g/mol. The summed E-state index contributed by atoms with van der Waals surface area (Å²) < 4.78 is 0. The van der Waals surface area contributed by atoms with Crippen molar-refractivity contribution in [3.8, 4) is 0 Å². The highest BCUT2D eigenvalue weighted by atomic mass is 35.5. The molecular formula is C19H21ClN2O. The van der Waals surface area contributed by atoms with Gasteiger partial charge in [-0.25, -0.2) is 4.79 Å². The molecule has 0 bridgehead atoms. The molecule has 2 aromatic rings. The van der Waals surface area contributed by atoms with Gasteiger partial charge < -0.3 is 10.6 Å². The second-order valence-corrected chi connectivity index (χ2v) is 6.72. The number of nitrogens with one attached hydrogen (secondary N) is 2. The van der Waals surface area contributed by atoms with Crippen LogP contribution in [0.1, 0.15) is 31.9 Å². The van der Waals surface area contributed by atoms with Gasteiger partial charge in [0.2, 0.25) is 0 Å². The molecule has 0 aliphatic heterocycles. The Labute approximate surface area is 142 Å². The summed E-state index contributed by atoms with van der Waals surface area (Å²) >= 11 is 5.83. The van der Waals surface area contributed by atoms with Crippen LogP contribution in [0.4, 0.5) is 10.5 Å². The summed E-state index contributed by atoms with van der Waals surface area (Å²) in [5.41, 5.74) is 2.84. The number of amides is 2. The van der Waals surface area contributed by atoms with Crippen molar-refractivity contribution in [2.75, 3.05) is 5.32 Å².